The second kappa shape index (κ2) is 9.71. The zero-order valence-corrected chi connectivity index (χ0v) is 16.9. The molecule has 2 rings (SSSR count). The van der Waals surface area contributed by atoms with Crippen molar-refractivity contribution in [2.45, 2.75) is 24.5 Å². The summed E-state index contributed by atoms with van der Waals surface area (Å²) in [6.07, 6.45) is -0.418. The van der Waals surface area contributed by atoms with Crippen LogP contribution in [0.4, 0.5) is 0 Å². The lowest BCUT2D eigenvalue weighted by atomic mass is 10.3. The summed E-state index contributed by atoms with van der Waals surface area (Å²) < 4.78 is 43.2. The molecule has 1 heterocycles. The van der Waals surface area contributed by atoms with Gasteiger partial charge in [-0.25, -0.2) is 8.42 Å². The number of hydrogen-bond acceptors (Lipinski definition) is 7. The molecule has 1 aliphatic heterocycles. The summed E-state index contributed by atoms with van der Waals surface area (Å²) in [6, 6.07) is 4.28. The molecule has 0 aliphatic carbocycles. The Morgan fingerprint density at radius 2 is 1.86 bits per heavy atom. The Labute approximate surface area is 164 Å². The van der Waals surface area contributed by atoms with E-state index in [2.05, 4.69) is 10.6 Å². The first-order valence-electron chi connectivity index (χ1n) is 8.76. The molecule has 1 aromatic rings. The van der Waals surface area contributed by atoms with Gasteiger partial charge in [0.15, 0.2) is 11.5 Å². The Morgan fingerprint density at radius 1 is 1.18 bits per heavy atom. The van der Waals surface area contributed by atoms with Crippen molar-refractivity contribution < 1.29 is 32.2 Å². The molecular formula is C17H25N3O7S. The van der Waals surface area contributed by atoms with E-state index in [4.69, 9.17) is 14.2 Å². The summed E-state index contributed by atoms with van der Waals surface area (Å²) in [5, 5.41) is 4.78. The third-order valence-corrected chi connectivity index (χ3v) is 5.98. The predicted molar refractivity (Wildman–Crippen MR) is 99.5 cm³/mol. The number of ether oxygens (including phenoxy) is 3. The molecule has 1 aromatic carbocycles. The van der Waals surface area contributed by atoms with Gasteiger partial charge in [-0.1, -0.05) is 0 Å². The molecule has 1 saturated heterocycles. The van der Waals surface area contributed by atoms with E-state index in [9.17, 15) is 18.0 Å². The Morgan fingerprint density at radius 3 is 2.50 bits per heavy atom. The molecule has 10 nitrogen and oxygen atoms in total. The Balaban J connectivity index is 2.20. The third kappa shape index (κ3) is 4.91. The lowest BCUT2D eigenvalue weighted by Gasteiger charge is -2.34. The quantitative estimate of drug-likeness (QED) is 0.586. The maximum absolute atomic E-state index is 13.1. The van der Waals surface area contributed by atoms with E-state index in [0.717, 1.165) is 4.31 Å². The van der Waals surface area contributed by atoms with Crippen molar-refractivity contribution in [2.75, 3.05) is 40.5 Å². The van der Waals surface area contributed by atoms with Gasteiger partial charge in [0, 0.05) is 19.2 Å². The molecule has 11 heteroatoms. The fourth-order valence-corrected chi connectivity index (χ4v) is 4.30. The first-order valence-corrected chi connectivity index (χ1v) is 10.2. The van der Waals surface area contributed by atoms with Crippen LogP contribution in [0, 0.1) is 0 Å². The van der Waals surface area contributed by atoms with Crippen LogP contribution < -0.4 is 20.1 Å². The van der Waals surface area contributed by atoms with Crippen LogP contribution >= 0.6 is 0 Å². The molecule has 156 valence electrons. The molecule has 0 radical (unpaired) electrons. The highest BCUT2D eigenvalue weighted by Crippen LogP contribution is 2.31. The monoisotopic (exact) mass is 415 g/mol. The predicted octanol–water partition coefficient (Wildman–Crippen LogP) is -0.307. The van der Waals surface area contributed by atoms with Crippen LogP contribution in [0.15, 0.2) is 23.1 Å². The molecule has 2 amide bonds. The summed E-state index contributed by atoms with van der Waals surface area (Å²) >= 11 is 0. The number of nitrogens with one attached hydrogen (secondary N) is 2. The zero-order chi connectivity index (χ0) is 20.7. The van der Waals surface area contributed by atoms with Gasteiger partial charge in [-0.3, -0.25) is 9.59 Å². The highest BCUT2D eigenvalue weighted by molar-refractivity contribution is 7.89. The van der Waals surface area contributed by atoms with Crippen LogP contribution in [0.5, 0.6) is 11.5 Å². The first kappa shape index (κ1) is 21.9. The lowest BCUT2D eigenvalue weighted by Crippen LogP contribution is -2.53. The number of methoxy groups -OCH3 is 2. The summed E-state index contributed by atoms with van der Waals surface area (Å²) in [4.78, 5) is 23.3. The number of benzene rings is 1. The Kier molecular flexibility index (Phi) is 7.61. The van der Waals surface area contributed by atoms with E-state index in [1.807, 2.05) is 0 Å². The molecule has 0 saturated carbocycles. The van der Waals surface area contributed by atoms with Gasteiger partial charge >= 0.3 is 11.8 Å². The molecule has 1 fully saturated rings. The summed E-state index contributed by atoms with van der Waals surface area (Å²) in [5.41, 5.74) is 0. The van der Waals surface area contributed by atoms with E-state index in [1.54, 1.807) is 6.92 Å². The van der Waals surface area contributed by atoms with Gasteiger partial charge in [0.1, 0.15) is 6.23 Å². The number of sulfonamides is 1. The lowest BCUT2D eigenvalue weighted by molar-refractivity contribution is -0.140. The third-order valence-electron chi connectivity index (χ3n) is 4.10. The molecule has 2 N–H and O–H groups in total. The van der Waals surface area contributed by atoms with Crippen LogP contribution in [0.3, 0.4) is 0 Å². The van der Waals surface area contributed by atoms with Gasteiger partial charge in [0.25, 0.3) is 0 Å². The molecule has 0 spiro atoms. The molecule has 1 atom stereocenters. The highest BCUT2D eigenvalue weighted by atomic mass is 32.2. The molecule has 0 aromatic heterocycles. The number of likely N-dealkylation sites (N-methyl/N-ethyl adjacent to an activating group) is 1. The minimum atomic E-state index is -3.93. The van der Waals surface area contributed by atoms with Crippen LogP contribution in [0.25, 0.3) is 0 Å². The van der Waals surface area contributed by atoms with Gasteiger partial charge < -0.3 is 24.8 Å². The van der Waals surface area contributed by atoms with Crippen LogP contribution in [-0.4, -0.2) is 71.2 Å². The topological polar surface area (TPSA) is 123 Å². The number of amides is 2. The van der Waals surface area contributed by atoms with Crippen LogP contribution in [-0.2, 0) is 24.3 Å². The normalized spacial score (nSPS) is 17.6. The first-order chi connectivity index (χ1) is 13.3. The maximum Gasteiger partial charge on any atom is 0.309 e. The molecule has 1 aliphatic rings. The minimum absolute atomic E-state index is 0.00991. The van der Waals surface area contributed by atoms with Crippen LogP contribution in [0.2, 0.25) is 0 Å². The number of carbonyl (C=O) groups excluding carboxylic acids is 2. The molecule has 0 unspecified atom stereocenters. The second-order valence-electron chi connectivity index (χ2n) is 5.88. The SMILES string of the molecule is CCNC(=O)C(=O)NC[C@@H]1OCCCN1S(=O)(=O)c1ccc(OC)c(OC)c1. The smallest absolute Gasteiger partial charge is 0.309 e. The van der Waals surface area contributed by atoms with Gasteiger partial charge in [-0.15, -0.1) is 0 Å². The summed E-state index contributed by atoms with van der Waals surface area (Å²) in [7, 11) is -1.06. The number of rotatable bonds is 7. The maximum atomic E-state index is 13.1. The standard InChI is InChI=1S/C17H25N3O7S/c1-4-18-16(21)17(22)19-11-15-20(8-5-9-27-15)28(23,24)12-6-7-13(25-2)14(10-12)26-3/h6-7,10,15H,4-5,8-9,11H2,1-3H3,(H,18,21)(H,19,22)/t15-/m0/s1. The van der Waals surface area contributed by atoms with Gasteiger partial charge in [-0.2, -0.15) is 4.31 Å². The van der Waals surface area contributed by atoms with E-state index < -0.39 is 28.1 Å². The average molecular weight is 415 g/mol. The fourth-order valence-electron chi connectivity index (χ4n) is 2.72. The molecule has 0 bridgehead atoms. The van der Waals surface area contributed by atoms with Crippen molar-refractivity contribution in [1.82, 2.24) is 14.9 Å². The molecule has 28 heavy (non-hydrogen) atoms. The van der Waals surface area contributed by atoms with Crippen molar-refractivity contribution in [3.8, 4) is 11.5 Å². The van der Waals surface area contributed by atoms with E-state index >= 15 is 0 Å². The van der Waals surface area contributed by atoms with E-state index in [1.165, 1.54) is 32.4 Å². The molecular weight excluding hydrogens is 390 g/mol. The Hall–Kier alpha value is -2.37. The van der Waals surface area contributed by atoms with E-state index in [-0.39, 0.29) is 23.7 Å². The van der Waals surface area contributed by atoms with Gasteiger partial charge in [0.05, 0.1) is 32.3 Å². The number of hydrogen-bond donors (Lipinski definition) is 2. The zero-order valence-electron chi connectivity index (χ0n) is 16.1. The minimum Gasteiger partial charge on any atom is -0.493 e. The van der Waals surface area contributed by atoms with Gasteiger partial charge in [-0.05, 0) is 25.5 Å². The van der Waals surface area contributed by atoms with Crippen molar-refractivity contribution in [1.29, 1.82) is 0 Å². The van der Waals surface area contributed by atoms with Gasteiger partial charge in [0.2, 0.25) is 10.0 Å². The van der Waals surface area contributed by atoms with E-state index in [0.29, 0.717) is 25.3 Å². The largest absolute Gasteiger partial charge is 0.493 e. The van der Waals surface area contributed by atoms with Crippen molar-refractivity contribution in [3.05, 3.63) is 18.2 Å². The average Bonchev–Trinajstić information content (AvgIpc) is 2.71. The summed E-state index contributed by atoms with van der Waals surface area (Å²) in [6.45, 7) is 2.42. The number of carbonyl (C=O) groups is 2. The van der Waals surface area contributed by atoms with Crippen LogP contribution in [0.1, 0.15) is 13.3 Å². The second-order valence-corrected chi connectivity index (χ2v) is 7.77. The van der Waals surface area contributed by atoms with Crippen molar-refractivity contribution in [3.63, 3.8) is 0 Å². The van der Waals surface area contributed by atoms with Crippen molar-refractivity contribution in [2.24, 2.45) is 0 Å². The number of nitrogens with zero attached hydrogens (tertiary/aromatic N) is 1. The summed E-state index contributed by atoms with van der Waals surface area (Å²) in [5.74, 6) is -0.947. The fraction of sp³-hybridized carbons (Fsp3) is 0.529. The van der Waals surface area contributed by atoms with Crippen molar-refractivity contribution >= 4 is 21.8 Å². The Bertz CT molecular complexity index is 813. The highest BCUT2D eigenvalue weighted by Gasteiger charge is 2.35.